The van der Waals surface area contributed by atoms with E-state index in [1.807, 2.05) is 35.6 Å². The molecule has 5 heterocycles. The fourth-order valence-electron chi connectivity index (χ4n) is 15.7. The lowest BCUT2D eigenvalue weighted by molar-refractivity contribution is 0.660. The number of benzene rings is 14. The predicted molar refractivity (Wildman–Crippen MR) is 410 cm³/mol. The van der Waals surface area contributed by atoms with Crippen molar-refractivity contribution in [1.29, 1.82) is 5.26 Å². The number of fused-ring (bicyclic) bond motifs is 18. The zero-order chi connectivity index (χ0) is 62.3. The second kappa shape index (κ2) is 22.4. The summed E-state index contributed by atoms with van der Waals surface area (Å²) in [7, 11) is 0. The first kappa shape index (κ1) is 57.9. The van der Waals surface area contributed by atoms with Crippen molar-refractivity contribution < 1.29 is 0 Å². The number of nitrogens with zero attached hydrogens (tertiary/aromatic N) is 5. The Balaban J connectivity index is 0.000000142. The van der Waals surface area contributed by atoms with Crippen molar-refractivity contribution >= 4 is 119 Å². The summed E-state index contributed by atoms with van der Waals surface area (Å²) in [5.41, 5.74) is 25.2. The largest absolute Gasteiger partial charge is 0.309 e. The molecule has 0 fully saturated rings. The molecule has 0 saturated heterocycles. The molecule has 20 rings (SSSR count). The Hall–Kier alpha value is -12.0. The van der Waals surface area contributed by atoms with E-state index in [-0.39, 0.29) is 20.3 Å². The molecule has 6 heteroatoms. The van der Waals surface area contributed by atoms with Crippen LogP contribution in [-0.4, -0.2) is 18.3 Å². The second-order valence-corrected chi connectivity index (χ2v) is 26.5. The molecule has 96 heavy (non-hydrogen) atoms. The lowest BCUT2D eigenvalue weighted by Gasteiger charge is -2.22. The molecule has 1 aliphatic carbocycles. The fourth-order valence-corrected chi connectivity index (χ4v) is 16.9. The van der Waals surface area contributed by atoms with Gasteiger partial charge in [-0.05, 0) is 178 Å². The molecule has 19 aromatic rings. The standard InChI is InChI=1S/C45H32N2.C43H25N3S.2CH4/c1-45(2)39-17-9-6-14-33(39)34-23-22-32(28-40(34)45)47-42-19-11-8-16-36(42)38-27-30(21-25-44(38)47)29-20-24-43-37(26-29)35-15-7-10-18-41(35)46(43)31-12-4-3-5-13-31;44-26-27-16-20-30(21-17-27)45-37-12-4-1-8-31(37)35-24-28(18-22-39(35)45)29-19-23-40-36(25-29)32-9-2-5-13-38(32)46(40)41-14-7-11-34-33-10-3-6-15-42(33)47-43(34)41;;/h3-28H,1-2H3;1-25H;2*1H4. The first-order valence-corrected chi connectivity index (χ1v) is 33.0. The highest BCUT2D eigenvalue weighted by Crippen LogP contribution is 2.50. The predicted octanol–water partition coefficient (Wildman–Crippen LogP) is 24.9. The van der Waals surface area contributed by atoms with Crippen LogP contribution in [0.2, 0.25) is 0 Å². The third-order valence-corrected chi connectivity index (χ3v) is 21.3. The van der Waals surface area contributed by atoms with Crippen molar-refractivity contribution in [3.63, 3.8) is 0 Å². The van der Waals surface area contributed by atoms with E-state index in [0.29, 0.717) is 5.56 Å². The molecule has 0 unspecified atom stereocenters. The van der Waals surface area contributed by atoms with Crippen molar-refractivity contribution in [1.82, 2.24) is 18.3 Å². The van der Waals surface area contributed by atoms with Crippen molar-refractivity contribution in [3.8, 4) is 62.2 Å². The summed E-state index contributed by atoms with van der Waals surface area (Å²) in [5.74, 6) is 0. The van der Waals surface area contributed by atoms with E-state index in [0.717, 1.165) is 16.7 Å². The zero-order valence-electron chi connectivity index (χ0n) is 51.6. The third-order valence-electron chi connectivity index (χ3n) is 20.1. The maximum atomic E-state index is 9.34. The van der Waals surface area contributed by atoms with Crippen LogP contribution in [0.1, 0.15) is 45.4 Å². The highest BCUT2D eigenvalue weighted by Gasteiger charge is 2.35. The van der Waals surface area contributed by atoms with Crippen molar-refractivity contribution in [2.75, 3.05) is 0 Å². The lowest BCUT2D eigenvalue weighted by atomic mass is 9.82. The minimum absolute atomic E-state index is 0. The zero-order valence-corrected chi connectivity index (χ0v) is 52.4. The van der Waals surface area contributed by atoms with Gasteiger partial charge >= 0.3 is 0 Å². The van der Waals surface area contributed by atoms with Gasteiger partial charge in [0.25, 0.3) is 0 Å². The highest BCUT2D eigenvalue weighted by atomic mass is 32.1. The molecule has 0 radical (unpaired) electrons. The molecule has 456 valence electrons. The van der Waals surface area contributed by atoms with Crippen molar-refractivity contribution in [2.24, 2.45) is 0 Å². The minimum atomic E-state index is -0.0455. The Morgan fingerprint density at radius 2 is 0.677 bits per heavy atom. The summed E-state index contributed by atoms with van der Waals surface area (Å²) in [4.78, 5) is 0. The topological polar surface area (TPSA) is 43.5 Å². The normalized spacial score (nSPS) is 12.4. The number of hydrogen-bond donors (Lipinski definition) is 0. The Kier molecular flexibility index (Phi) is 13.5. The maximum Gasteiger partial charge on any atom is 0.0991 e. The van der Waals surface area contributed by atoms with Gasteiger partial charge in [-0.1, -0.05) is 205 Å². The van der Waals surface area contributed by atoms with Gasteiger partial charge in [0.1, 0.15) is 0 Å². The molecular formula is C90H65N5S. The van der Waals surface area contributed by atoms with Crippen LogP contribution >= 0.6 is 11.3 Å². The number of thiophene rings is 1. The molecule has 1 aliphatic rings. The van der Waals surface area contributed by atoms with E-state index in [2.05, 4.69) is 323 Å². The van der Waals surface area contributed by atoms with Crippen LogP contribution in [0.25, 0.3) is 164 Å². The molecule has 0 aliphatic heterocycles. The first-order valence-electron chi connectivity index (χ1n) is 32.2. The number of aromatic nitrogens is 4. The van der Waals surface area contributed by atoms with Gasteiger partial charge in [0.15, 0.2) is 0 Å². The average Bonchev–Trinajstić information content (AvgIpc) is 1.58. The number of para-hydroxylation sites is 5. The van der Waals surface area contributed by atoms with Crippen LogP contribution in [0.15, 0.2) is 309 Å². The summed E-state index contributed by atoms with van der Waals surface area (Å²) in [6.07, 6.45) is 0. The van der Waals surface area contributed by atoms with Gasteiger partial charge in [-0.25, -0.2) is 0 Å². The summed E-state index contributed by atoms with van der Waals surface area (Å²) in [6, 6.07) is 115. The van der Waals surface area contributed by atoms with Crippen molar-refractivity contribution in [3.05, 3.63) is 326 Å². The number of nitriles is 1. The van der Waals surface area contributed by atoms with Crippen LogP contribution in [0, 0.1) is 11.3 Å². The SMILES string of the molecule is C.C.CC1(C)c2ccccc2-c2ccc(-n3c4ccccc4c4cc(-c5ccc6c(c5)c5ccccc5n6-c5ccccc5)ccc43)cc21.N#Cc1ccc(-n2c3ccccc3c3cc(-c4ccc5c(c4)c4ccccc4n5-c4cccc5c4sc4ccccc45)ccc32)cc1. The van der Waals surface area contributed by atoms with E-state index in [1.54, 1.807) is 0 Å². The molecule has 0 amide bonds. The molecule has 0 N–H and O–H groups in total. The van der Waals surface area contributed by atoms with E-state index in [1.165, 1.54) is 158 Å². The Labute approximate surface area is 561 Å². The molecule has 0 bridgehead atoms. The van der Waals surface area contributed by atoms with Gasteiger partial charge in [-0.2, -0.15) is 5.26 Å². The molecule has 5 aromatic heterocycles. The van der Waals surface area contributed by atoms with Gasteiger partial charge in [0.2, 0.25) is 0 Å². The molecule has 0 saturated carbocycles. The van der Waals surface area contributed by atoms with E-state index in [9.17, 15) is 5.26 Å². The summed E-state index contributed by atoms with van der Waals surface area (Å²) in [5, 5.41) is 22.0. The Morgan fingerprint density at radius 3 is 1.20 bits per heavy atom. The maximum absolute atomic E-state index is 9.34. The summed E-state index contributed by atoms with van der Waals surface area (Å²) >= 11 is 1.87. The fraction of sp³-hybridized carbons (Fsp3) is 0.0556. The smallest absolute Gasteiger partial charge is 0.0991 e. The quantitative estimate of drug-likeness (QED) is 0.164. The third kappa shape index (κ3) is 8.67. The van der Waals surface area contributed by atoms with E-state index < -0.39 is 0 Å². The lowest BCUT2D eigenvalue weighted by Crippen LogP contribution is -2.15. The van der Waals surface area contributed by atoms with Gasteiger partial charge in [-0.3, -0.25) is 0 Å². The Bertz CT molecular complexity index is 6400. The van der Waals surface area contributed by atoms with Crippen LogP contribution < -0.4 is 0 Å². The highest BCUT2D eigenvalue weighted by molar-refractivity contribution is 7.26. The average molecular weight is 1250 g/mol. The summed E-state index contributed by atoms with van der Waals surface area (Å²) < 4.78 is 12.2. The molecule has 0 atom stereocenters. The number of hydrogen-bond acceptors (Lipinski definition) is 2. The second-order valence-electron chi connectivity index (χ2n) is 25.5. The molecule has 14 aromatic carbocycles. The molecule has 0 spiro atoms. The van der Waals surface area contributed by atoms with Crippen molar-refractivity contribution in [2.45, 2.75) is 34.1 Å². The van der Waals surface area contributed by atoms with Gasteiger partial charge in [-0.15, -0.1) is 11.3 Å². The van der Waals surface area contributed by atoms with E-state index >= 15 is 0 Å². The number of rotatable bonds is 6. The van der Waals surface area contributed by atoms with Gasteiger partial charge < -0.3 is 18.3 Å². The van der Waals surface area contributed by atoms with E-state index in [4.69, 9.17) is 0 Å². The molecule has 5 nitrogen and oxygen atoms in total. The van der Waals surface area contributed by atoms with Gasteiger partial charge in [0.05, 0.1) is 66.2 Å². The minimum Gasteiger partial charge on any atom is -0.309 e. The summed E-state index contributed by atoms with van der Waals surface area (Å²) in [6.45, 7) is 4.71. The Morgan fingerprint density at radius 1 is 0.292 bits per heavy atom. The van der Waals surface area contributed by atoms with Crippen LogP contribution in [-0.2, 0) is 5.41 Å². The van der Waals surface area contributed by atoms with Crippen LogP contribution in [0.5, 0.6) is 0 Å². The van der Waals surface area contributed by atoms with Crippen LogP contribution in [0.3, 0.4) is 0 Å². The first-order chi connectivity index (χ1) is 46.3. The monoisotopic (exact) mass is 1250 g/mol. The van der Waals surface area contributed by atoms with Crippen LogP contribution in [0.4, 0.5) is 0 Å². The van der Waals surface area contributed by atoms with Gasteiger partial charge in [0, 0.05) is 81.0 Å². The molecular weight excluding hydrogens is 1180 g/mol.